The van der Waals surface area contributed by atoms with Gasteiger partial charge in [0, 0.05) is 67.7 Å². The summed E-state index contributed by atoms with van der Waals surface area (Å²) < 4.78 is 0. The van der Waals surface area contributed by atoms with E-state index in [-0.39, 0.29) is 23.9 Å². The van der Waals surface area contributed by atoms with E-state index in [1.165, 1.54) is 4.90 Å². The second-order valence-corrected chi connectivity index (χ2v) is 10.1. The van der Waals surface area contributed by atoms with Gasteiger partial charge in [0.15, 0.2) is 0 Å². The van der Waals surface area contributed by atoms with Crippen LogP contribution >= 0.6 is 0 Å². The van der Waals surface area contributed by atoms with Crippen molar-refractivity contribution in [1.82, 2.24) is 4.90 Å². The Bertz CT molecular complexity index is 1190. The number of primary amides is 1. The molecule has 0 aromatic heterocycles. The van der Waals surface area contributed by atoms with Crippen molar-refractivity contribution in [1.29, 1.82) is 0 Å². The van der Waals surface area contributed by atoms with E-state index in [0.717, 1.165) is 35.5 Å². The van der Waals surface area contributed by atoms with Gasteiger partial charge < -0.3 is 30.9 Å². The van der Waals surface area contributed by atoms with Gasteiger partial charge in [-0.2, -0.15) is 0 Å². The first-order valence-corrected chi connectivity index (χ1v) is 12.6. The molecule has 3 atom stereocenters. The minimum absolute atomic E-state index is 0.00720. The van der Waals surface area contributed by atoms with Gasteiger partial charge >= 0.3 is 6.09 Å². The van der Waals surface area contributed by atoms with Crippen molar-refractivity contribution in [3.8, 4) is 0 Å². The molecule has 9 nitrogen and oxygen atoms in total. The van der Waals surface area contributed by atoms with Crippen LogP contribution in [-0.2, 0) is 4.79 Å². The Morgan fingerprint density at radius 2 is 1.75 bits per heavy atom. The summed E-state index contributed by atoms with van der Waals surface area (Å²) in [6, 6.07) is 13.5. The average molecular weight is 492 g/mol. The Morgan fingerprint density at radius 1 is 1.03 bits per heavy atom. The number of rotatable bonds is 5. The molecule has 4 N–H and O–H groups in total. The number of carboxylic acid groups (broad SMARTS) is 1. The van der Waals surface area contributed by atoms with Crippen LogP contribution in [0.1, 0.15) is 48.7 Å². The largest absolute Gasteiger partial charge is 0.465 e. The third kappa shape index (κ3) is 4.45. The van der Waals surface area contributed by atoms with Crippen LogP contribution in [0.25, 0.3) is 0 Å². The van der Waals surface area contributed by atoms with E-state index in [1.54, 1.807) is 13.0 Å². The fourth-order valence-corrected chi connectivity index (χ4v) is 5.85. The van der Waals surface area contributed by atoms with Crippen LogP contribution in [-0.4, -0.2) is 60.1 Å². The van der Waals surface area contributed by atoms with E-state index >= 15 is 0 Å². The van der Waals surface area contributed by atoms with Crippen molar-refractivity contribution >= 4 is 35.0 Å². The maximum atomic E-state index is 12.8. The number of carbonyl (C=O) groups excluding carboxylic acids is 2. The van der Waals surface area contributed by atoms with E-state index < -0.39 is 12.0 Å². The predicted molar refractivity (Wildman–Crippen MR) is 138 cm³/mol. The fraction of sp³-hybridized carbons (Fsp3) is 0.444. The number of benzene rings is 2. The maximum Gasteiger partial charge on any atom is 0.407 e. The number of hydrogen-bond donors (Lipinski definition) is 3. The van der Waals surface area contributed by atoms with Crippen LogP contribution in [0.3, 0.4) is 0 Å². The van der Waals surface area contributed by atoms with Gasteiger partial charge in [0.2, 0.25) is 11.8 Å². The summed E-state index contributed by atoms with van der Waals surface area (Å²) in [5.74, 6) is 0.0898. The first-order valence-electron chi connectivity index (χ1n) is 12.6. The predicted octanol–water partition coefficient (Wildman–Crippen LogP) is 3.52. The van der Waals surface area contributed by atoms with Gasteiger partial charge in [0.1, 0.15) is 0 Å². The van der Waals surface area contributed by atoms with Crippen molar-refractivity contribution < 1.29 is 19.5 Å². The molecule has 5 rings (SSSR count). The molecule has 1 saturated carbocycles. The lowest BCUT2D eigenvalue weighted by Crippen LogP contribution is -2.51. The SMILES string of the molecule is CC(=O)N1c2ccc(C(N)=O)cc2[C@H](Nc2cccc(N3CCN(C(=O)O)CC3)c2)[C@@H](C)[C@@H]1C1CC1. The van der Waals surface area contributed by atoms with E-state index in [0.29, 0.717) is 37.7 Å². The van der Waals surface area contributed by atoms with E-state index in [9.17, 15) is 19.5 Å². The van der Waals surface area contributed by atoms with Crippen molar-refractivity contribution in [3.63, 3.8) is 0 Å². The van der Waals surface area contributed by atoms with Gasteiger partial charge in [-0.25, -0.2) is 4.79 Å². The van der Waals surface area contributed by atoms with Gasteiger partial charge in [-0.15, -0.1) is 0 Å². The highest BCUT2D eigenvalue weighted by atomic mass is 16.4. The molecule has 2 aromatic carbocycles. The zero-order valence-corrected chi connectivity index (χ0v) is 20.7. The highest BCUT2D eigenvalue weighted by Gasteiger charge is 2.47. The van der Waals surface area contributed by atoms with Crippen LogP contribution in [0.15, 0.2) is 42.5 Å². The molecule has 36 heavy (non-hydrogen) atoms. The maximum absolute atomic E-state index is 12.8. The molecule has 2 aromatic rings. The Labute approximate surface area is 210 Å². The molecule has 2 fully saturated rings. The van der Waals surface area contributed by atoms with Gasteiger partial charge in [-0.05, 0) is 60.7 Å². The molecule has 0 bridgehead atoms. The summed E-state index contributed by atoms with van der Waals surface area (Å²) in [6.07, 6.45) is 1.34. The van der Waals surface area contributed by atoms with Gasteiger partial charge in [-0.1, -0.05) is 13.0 Å². The number of nitrogens with zero attached hydrogens (tertiary/aromatic N) is 3. The molecule has 2 heterocycles. The Balaban J connectivity index is 1.47. The van der Waals surface area contributed by atoms with Crippen LogP contribution in [0.5, 0.6) is 0 Å². The molecular formula is C27H33N5O4. The monoisotopic (exact) mass is 491 g/mol. The molecule has 9 heteroatoms. The number of anilines is 3. The highest BCUT2D eigenvalue weighted by molar-refractivity contribution is 5.97. The quantitative estimate of drug-likeness (QED) is 0.589. The molecule has 3 aliphatic rings. The summed E-state index contributed by atoms with van der Waals surface area (Å²) in [5, 5.41) is 13.0. The highest BCUT2D eigenvalue weighted by Crippen LogP contribution is 2.50. The number of nitrogens with one attached hydrogen (secondary N) is 1. The lowest BCUT2D eigenvalue weighted by Gasteiger charge is -2.46. The smallest absolute Gasteiger partial charge is 0.407 e. The number of fused-ring (bicyclic) bond motifs is 1. The molecule has 0 radical (unpaired) electrons. The molecule has 2 aliphatic heterocycles. The summed E-state index contributed by atoms with van der Waals surface area (Å²) >= 11 is 0. The van der Waals surface area contributed by atoms with Crippen molar-refractivity contribution in [2.75, 3.05) is 41.3 Å². The minimum Gasteiger partial charge on any atom is -0.465 e. The van der Waals surface area contributed by atoms with E-state index in [4.69, 9.17) is 5.73 Å². The van der Waals surface area contributed by atoms with Crippen LogP contribution in [0, 0.1) is 11.8 Å². The summed E-state index contributed by atoms with van der Waals surface area (Å²) in [6.45, 7) is 6.00. The Morgan fingerprint density at radius 3 is 2.36 bits per heavy atom. The first kappa shape index (κ1) is 24.0. The topological polar surface area (TPSA) is 119 Å². The Kier molecular flexibility index (Phi) is 6.24. The molecule has 0 spiro atoms. The zero-order valence-electron chi connectivity index (χ0n) is 20.7. The van der Waals surface area contributed by atoms with Gasteiger partial charge in [-0.3, -0.25) is 9.59 Å². The fourth-order valence-electron chi connectivity index (χ4n) is 5.85. The van der Waals surface area contributed by atoms with Crippen molar-refractivity contribution in [3.05, 3.63) is 53.6 Å². The number of amides is 3. The standard InChI is InChI=1S/C27H33N5O4/c1-16-24(29-20-4-3-5-21(15-20)30-10-12-31(13-11-30)27(35)36)22-14-19(26(28)34)8-9-23(22)32(17(2)33)25(16)18-6-7-18/h3-5,8-9,14-16,18,24-25,29H,6-7,10-13H2,1-2H3,(H2,28,34)(H,35,36)/t16-,24-,25-/m1/s1. The lowest BCUT2D eigenvalue weighted by atomic mass is 9.79. The van der Waals surface area contributed by atoms with Crippen LogP contribution in [0.4, 0.5) is 21.9 Å². The minimum atomic E-state index is -0.879. The van der Waals surface area contributed by atoms with Crippen LogP contribution in [0.2, 0.25) is 0 Å². The second-order valence-electron chi connectivity index (χ2n) is 10.1. The molecule has 0 unspecified atom stereocenters. The number of nitrogens with two attached hydrogens (primary N) is 1. The van der Waals surface area contributed by atoms with Gasteiger partial charge in [0.05, 0.1) is 6.04 Å². The third-order valence-electron chi connectivity index (χ3n) is 7.80. The average Bonchev–Trinajstić information content (AvgIpc) is 3.70. The van der Waals surface area contributed by atoms with Crippen molar-refractivity contribution in [2.45, 2.75) is 38.8 Å². The third-order valence-corrected chi connectivity index (χ3v) is 7.80. The van der Waals surface area contributed by atoms with Crippen LogP contribution < -0.4 is 20.9 Å². The molecular weight excluding hydrogens is 458 g/mol. The molecule has 1 saturated heterocycles. The number of carbonyl (C=O) groups is 3. The Hall–Kier alpha value is -3.75. The second kappa shape index (κ2) is 9.37. The van der Waals surface area contributed by atoms with E-state index in [2.05, 4.69) is 23.2 Å². The number of piperazine rings is 1. The van der Waals surface area contributed by atoms with Crippen molar-refractivity contribution in [2.24, 2.45) is 17.6 Å². The number of hydrogen-bond acceptors (Lipinski definition) is 5. The molecule has 1 aliphatic carbocycles. The first-order chi connectivity index (χ1) is 17.2. The summed E-state index contributed by atoms with van der Waals surface area (Å²) in [5.41, 5.74) is 9.72. The lowest BCUT2D eigenvalue weighted by molar-refractivity contribution is -0.117. The zero-order chi connectivity index (χ0) is 25.6. The summed E-state index contributed by atoms with van der Waals surface area (Å²) in [7, 11) is 0. The molecule has 3 amide bonds. The molecule has 190 valence electrons. The normalized spacial score (nSPS) is 23.7. The summed E-state index contributed by atoms with van der Waals surface area (Å²) in [4.78, 5) is 41.6. The van der Waals surface area contributed by atoms with Gasteiger partial charge in [0.25, 0.3) is 0 Å². The van der Waals surface area contributed by atoms with E-state index in [1.807, 2.05) is 35.2 Å².